The molecule has 1 aliphatic heterocycles. The van der Waals surface area contributed by atoms with Gasteiger partial charge in [-0.3, -0.25) is 9.59 Å². The molecule has 150 valence electrons. The van der Waals surface area contributed by atoms with Crippen molar-refractivity contribution in [1.29, 1.82) is 0 Å². The van der Waals surface area contributed by atoms with Gasteiger partial charge in [0.25, 0.3) is 11.8 Å². The van der Waals surface area contributed by atoms with Crippen LogP contribution in [0.25, 0.3) is 0 Å². The highest BCUT2D eigenvalue weighted by Crippen LogP contribution is 2.17. The van der Waals surface area contributed by atoms with Crippen LogP contribution in [-0.4, -0.2) is 71.2 Å². The van der Waals surface area contributed by atoms with E-state index in [0.29, 0.717) is 13.1 Å². The van der Waals surface area contributed by atoms with Crippen LogP contribution in [0.1, 0.15) is 20.3 Å². The molecule has 4 N–H and O–H groups in total. The highest BCUT2D eigenvalue weighted by atomic mass is 16.2. The van der Waals surface area contributed by atoms with Gasteiger partial charge in [0.2, 0.25) is 0 Å². The number of hydrogen-bond acceptors (Lipinski definition) is 3. The molecular formula is C20H35N5O2+2. The molecule has 0 radical (unpaired) electrons. The van der Waals surface area contributed by atoms with Crippen LogP contribution in [0.15, 0.2) is 24.3 Å². The van der Waals surface area contributed by atoms with Crippen LogP contribution in [0.4, 0.5) is 11.4 Å². The molecular weight excluding hydrogens is 342 g/mol. The van der Waals surface area contributed by atoms with E-state index in [0.717, 1.165) is 30.1 Å². The summed E-state index contributed by atoms with van der Waals surface area (Å²) >= 11 is 0. The standard InChI is InChI=1S/C20H33N5O2/c1-4-10-21-19(26)15-23(3)16-20(27)22-17-6-8-18(9-7-17)25-13-11-24(5-2)12-14-25/h6-9H,4-5,10-16H2,1-3H3,(H,21,26)(H,22,27)/p+2. The first-order chi connectivity index (χ1) is 13.0. The van der Waals surface area contributed by atoms with Gasteiger partial charge in [0, 0.05) is 17.9 Å². The van der Waals surface area contributed by atoms with Crippen molar-refractivity contribution >= 4 is 23.2 Å². The van der Waals surface area contributed by atoms with Gasteiger partial charge in [0.05, 0.1) is 39.8 Å². The van der Waals surface area contributed by atoms with E-state index in [2.05, 4.69) is 34.6 Å². The van der Waals surface area contributed by atoms with Crippen LogP contribution in [-0.2, 0) is 9.59 Å². The van der Waals surface area contributed by atoms with Crippen molar-refractivity contribution in [3.8, 4) is 0 Å². The number of likely N-dealkylation sites (N-methyl/N-ethyl adjacent to an activating group) is 2. The second-order valence-corrected chi connectivity index (χ2v) is 7.35. The van der Waals surface area contributed by atoms with Gasteiger partial charge in [-0.15, -0.1) is 0 Å². The summed E-state index contributed by atoms with van der Waals surface area (Å²) in [4.78, 5) is 28.8. The van der Waals surface area contributed by atoms with Gasteiger partial charge in [0.1, 0.15) is 0 Å². The molecule has 0 aromatic heterocycles. The summed E-state index contributed by atoms with van der Waals surface area (Å²) in [5.41, 5.74) is 2.00. The van der Waals surface area contributed by atoms with Crippen LogP contribution in [0.2, 0.25) is 0 Å². The Hall–Kier alpha value is -2.12. The third-order valence-corrected chi connectivity index (χ3v) is 4.98. The van der Waals surface area contributed by atoms with Crippen LogP contribution in [0.3, 0.4) is 0 Å². The highest BCUT2D eigenvalue weighted by molar-refractivity contribution is 5.91. The molecule has 1 atom stereocenters. The summed E-state index contributed by atoms with van der Waals surface area (Å²) < 4.78 is 0. The predicted molar refractivity (Wildman–Crippen MR) is 108 cm³/mol. The van der Waals surface area contributed by atoms with Gasteiger partial charge in [-0.2, -0.15) is 0 Å². The maximum absolute atomic E-state index is 12.2. The van der Waals surface area contributed by atoms with Crippen molar-refractivity contribution in [2.24, 2.45) is 0 Å². The van der Waals surface area contributed by atoms with E-state index in [1.807, 2.05) is 26.1 Å². The summed E-state index contributed by atoms with van der Waals surface area (Å²) in [7, 11) is 1.85. The fourth-order valence-electron chi connectivity index (χ4n) is 3.33. The number of nitrogens with one attached hydrogen (secondary N) is 4. The average Bonchev–Trinajstić information content (AvgIpc) is 2.66. The minimum atomic E-state index is -0.0799. The first kappa shape index (κ1) is 21.2. The summed E-state index contributed by atoms with van der Waals surface area (Å²) in [6.45, 7) is 11.2. The Balaban J connectivity index is 1.77. The van der Waals surface area contributed by atoms with Gasteiger partial charge in [-0.25, -0.2) is 0 Å². The number of carbonyl (C=O) groups excluding carboxylic acids is 2. The quantitative estimate of drug-likeness (QED) is 0.419. The van der Waals surface area contributed by atoms with Crippen molar-refractivity contribution in [3.05, 3.63) is 24.3 Å². The maximum Gasteiger partial charge on any atom is 0.279 e. The number of anilines is 2. The predicted octanol–water partition coefficient (Wildman–Crippen LogP) is -1.61. The Morgan fingerprint density at radius 1 is 1.07 bits per heavy atom. The molecule has 27 heavy (non-hydrogen) atoms. The first-order valence-corrected chi connectivity index (χ1v) is 10.1. The molecule has 1 fully saturated rings. The number of rotatable bonds is 9. The molecule has 0 saturated carbocycles. The minimum Gasteiger partial charge on any atom is -0.360 e. The Bertz CT molecular complexity index is 597. The molecule has 0 bridgehead atoms. The molecule has 1 heterocycles. The van der Waals surface area contributed by atoms with E-state index in [-0.39, 0.29) is 18.4 Å². The lowest BCUT2D eigenvalue weighted by atomic mass is 10.2. The third-order valence-electron chi connectivity index (χ3n) is 4.98. The van der Waals surface area contributed by atoms with Crippen LogP contribution in [0, 0.1) is 0 Å². The second-order valence-electron chi connectivity index (χ2n) is 7.35. The molecule has 0 aliphatic carbocycles. The van der Waals surface area contributed by atoms with Crippen LogP contribution >= 0.6 is 0 Å². The lowest BCUT2D eigenvalue weighted by molar-refractivity contribution is -0.898. The molecule has 1 aromatic carbocycles. The highest BCUT2D eigenvalue weighted by Gasteiger charge is 2.19. The minimum absolute atomic E-state index is 0.0171. The zero-order chi connectivity index (χ0) is 19.6. The molecule has 2 amide bonds. The smallest absolute Gasteiger partial charge is 0.279 e. The number of piperazine rings is 1. The van der Waals surface area contributed by atoms with Gasteiger partial charge in [-0.05, 0) is 37.6 Å². The summed E-state index contributed by atoms with van der Waals surface area (Å²) in [5, 5.41) is 5.75. The topological polar surface area (TPSA) is 70.3 Å². The fraction of sp³-hybridized carbons (Fsp3) is 0.600. The van der Waals surface area contributed by atoms with E-state index >= 15 is 0 Å². The van der Waals surface area contributed by atoms with Gasteiger partial charge in [-0.1, -0.05) is 6.92 Å². The Morgan fingerprint density at radius 3 is 2.30 bits per heavy atom. The Morgan fingerprint density at radius 2 is 1.70 bits per heavy atom. The third kappa shape index (κ3) is 7.19. The summed E-state index contributed by atoms with van der Waals surface area (Å²) in [6.07, 6.45) is 0.913. The van der Waals surface area contributed by atoms with Gasteiger partial charge >= 0.3 is 0 Å². The van der Waals surface area contributed by atoms with Crippen molar-refractivity contribution in [2.75, 3.05) is 69.6 Å². The Labute approximate surface area is 162 Å². The van der Waals surface area contributed by atoms with E-state index < -0.39 is 0 Å². The van der Waals surface area contributed by atoms with Crippen molar-refractivity contribution in [2.45, 2.75) is 20.3 Å². The molecule has 1 aromatic rings. The van der Waals surface area contributed by atoms with E-state index in [1.165, 1.54) is 25.3 Å². The van der Waals surface area contributed by atoms with Gasteiger partial charge in [0.15, 0.2) is 13.1 Å². The molecule has 1 unspecified atom stereocenters. The first-order valence-electron chi connectivity index (χ1n) is 10.1. The Kier molecular flexibility index (Phi) is 8.54. The summed E-state index contributed by atoms with van der Waals surface area (Å²) in [5.74, 6) is -0.0970. The lowest BCUT2D eigenvalue weighted by Gasteiger charge is -2.33. The molecule has 1 aliphatic rings. The number of carbonyl (C=O) groups is 2. The van der Waals surface area contributed by atoms with Crippen molar-refractivity contribution < 1.29 is 19.4 Å². The number of hydrogen-bond donors (Lipinski definition) is 4. The van der Waals surface area contributed by atoms with Crippen LogP contribution < -0.4 is 25.3 Å². The van der Waals surface area contributed by atoms with E-state index in [9.17, 15) is 9.59 Å². The molecule has 0 spiro atoms. The number of nitrogens with zero attached hydrogens (tertiary/aromatic N) is 1. The molecule has 2 rings (SSSR count). The second kappa shape index (κ2) is 10.9. The summed E-state index contributed by atoms with van der Waals surface area (Å²) in [6, 6.07) is 8.05. The maximum atomic E-state index is 12.2. The largest absolute Gasteiger partial charge is 0.360 e. The van der Waals surface area contributed by atoms with Crippen LogP contribution in [0.5, 0.6) is 0 Å². The fourth-order valence-corrected chi connectivity index (χ4v) is 3.33. The number of amides is 2. The van der Waals surface area contributed by atoms with Gasteiger partial charge < -0.3 is 25.3 Å². The monoisotopic (exact) mass is 377 g/mol. The van der Waals surface area contributed by atoms with Crippen molar-refractivity contribution in [1.82, 2.24) is 5.32 Å². The average molecular weight is 378 g/mol. The zero-order valence-corrected chi connectivity index (χ0v) is 16.9. The number of benzene rings is 1. The molecule has 7 nitrogen and oxygen atoms in total. The number of quaternary nitrogens is 2. The molecule has 7 heteroatoms. The zero-order valence-electron chi connectivity index (χ0n) is 16.9. The van der Waals surface area contributed by atoms with E-state index in [4.69, 9.17) is 0 Å². The van der Waals surface area contributed by atoms with Crippen molar-refractivity contribution in [3.63, 3.8) is 0 Å². The van der Waals surface area contributed by atoms with E-state index in [1.54, 1.807) is 4.90 Å². The lowest BCUT2D eigenvalue weighted by Crippen LogP contribution is -3.14. The SMILES string of the molecule is CCCNC(=O)C[NH+](C)CC(=O)Nc1ccc(N2CC[NH+](CC)CC2)cc1. The normalized spacial score (nSPS) is 16.0. The molecule has 1 saturated heterocycles.